The Kier molecular flexibility index (Phi) is 4.19. The van der Waals surface area contributed by atoms with Gasteiger partial charge in [-0.2, -0.15) is 0 Å². The highest BCUT2D eigenvalue weighted by atomic mass is 79.9. The first kappa shape index (κ1) is 14.7. The van der Waals surface area contributed by atoms with Crippen molar-refractivity contribution >= 4 is 44.2 Å². The summed E-state index contributed by atoms with van der Waals surface area (Å²) in [6.45, 7) is 1.13. The Morgan fingerprint density at radius 2 is 2.20 bits per heavy atom. The quantitative estimate of drug-likeness (QED) is 0.606. The van der Waals surface area contributed by atoms with Gasteiger partial charge in [0.15, 0.2) is 10.7 Å². The molecule has 0 aliphatic carbocycles. The van der Waals surface area contributed by atoms with Crippen molar-refractivity contribution in [2.24, 2.45) is 0 Å². The fourth-order valence-corrected chi connectivity index (χ4v) is 2.81. The molecule has 0 bridgehead atoms. The third-order valence-electron chi connectivity index (χ3n) is 2.29. The molecule has 0 unspecified atom stereocenters. The van der Waals surface area contributed by atoms with E-state index in [0.29, 0.717) is 10.3 Å². The van der Waals surface area contributed by atoms with Crippen LogP contribution < -0.4 is 10.3 Å². The predicted octanol–water partition coefficient (Wildman–Crippen LogP) is 1.36. The van der Waals surface area contributed by atoms with Crippen LogP contribution >= 0.6 is 27.3 Å². The summed E-state index contributed by atoms with van der Waals surface area (Å²) in [5.74, 6) is -1.99. The van der Waals surface area contributed by atoms with Crippen molar-refractivity contribution in [3.05, 3.63) is 27.1 Å². The standard InChI is InChI=1S/C11H9BrN2O5S/c1-5(15)19-8-7(10(17)18-2)13-11-14(9(8)16)4-6(3-12)20-11/h4H,3H2,1-2H3. The molecule has 9 heteroatoms. The van der Waals surface area contributed by atoms with Crippen molar-refractivity contribution < 1.29 is 19.1 Å². The van der Waals surface area contributed by atoms with Crippen molar-refractivity contribution in [2.75, 3.05) is 7.11 Å². The van der Waals surface area contributed by atoms with Gasteiger partial charge in [0.1, 0.15) is 0 Å². The molecule has 0 aliphatic heterocycles. The van der Waals surface area contributed by atoms with Gasteiger partial charge in [-0.3, -0.25) is 14.0 Å². The maximum atomic E-state index is 12.3. The van der Waals surface area contributed by atoms with Crippen molar-refractivity contribution in [3.8, 4) is 5.75 Å². The second kappa shape index (κ2) is 5.71. The zero-order valence-electron chi connectivity index (χ0n) is 10.5. The van der Waals surface area contributed by atoms with E-state index in [4.69, 9.17) is 4.74 Å². The zero-order chi connectivity index (χ0) is 14.9. The molecule has 106 valence electrons. The number of ether oxygens (including phenoxy) is 2. The molecule has 2 heterocycles. The summed E-state index contributed by atoms with van der Waals surface area (Å²) in [5.41, 5.74) is -0.940. The Labute approximate surface area is 125 Å². The highest BCUT2D eigenvalue weighted by Crippen LogP contribution is 2.21. The van der Waals surface area contributed by atoms with Crippen LogP contribution in [0.5, 0.6) is 5.75 Å². The van der Waals surface area contributed by atoms with Crippen LogP contribution in [-0.2, 0) is 14.9 Å². The summed E-state index contributed by atoms with van der Waals surface area (Å²) in [7, 11) is 1.15. The average molecular weight is 361 g/mol. The fraction of sp³-hybridized carbons (Fsp3) is 0.273. The van der Waals surface area contributed by atoms with Crippen LogP contribution in [0.3, 0.4) is 0 Å². The van der Waals surface area contributed by atoms with Crippen molar-refractivity contribution in [1.82, 2.24) is 9.38 Å². The molecule has 0 radical (unpaired) electrons. The highest BCUT2D eigenvalue weighted by Gasteiger charge is 2.23. The first-order valence-electron chi connectivity index (χ1n) is 5.35. The Morgan fingerprint density at radius 3 is 2.75 bits per heavy atom. The topological polar surface area (TPSA) is 87.0 Å². The Balaban J connectivity index is 2.77. The number of methoxy groups -OCH3 is 1. The van der Waals surface area contributed by atoms with E-state index in [0.717, 1.165) is 18.9 Å². The number of aromatic nitrogens is 2. The zero-order valence-corrected chi connectivity index (χ0v) is 12.9. The molecular formula is C11H9BrN2O5S. The van der Waals surface area contributed by atoms with Crippen LogP contribution in [0.15, 0.2) is 11.0 Å². The number of halogens is 1. The molecule has 0 fully saturated rings. The molecule has 20 heavy (non-hydrogen) atoms. The fourth-order valence-electron chi connectivity index (χ4n) is 1.50. The van der Waals surface area contributed by atoms with Gasteiger partial charge in [-0.15, -0.1) is 11.3 Å². The molecule has 0 aliphatic rings. The van der Waals surface area contributed by atoms with Gasteiger partial charge in [-0.1, -0.05) is 15.9 Å². The second-order valence-corrected chi connectivity index (χ2v) is 5.32. The van der Waals surface area contributed by atoms with E-state index in [1.165, 1.54) is 15.7 Å². The van der Waals surface area contributed by atoms with Crippen molar-refractivity contribution in [2.45, 2.75) is 12.3 Å². The lowest BCUT2D eigenvalue weighted by atomic mass is 10.3. The molecule has 2 aromatic heterocycles. The molecule has 0 saturated heterocycles. The van der Waals surface area contributed by atoms with E-state index >= 15 is 0 Å². The number of hydrogen-bond donors (Lipinski definition) is 0. The van der Waals surface area contributed by atoms with Gasteiger partial charge in [-0.25, -0.2) is 9.78 Å². The van der Waals surface area contributed by atoms with Crippen LogP contribution in [0.1, 0.15) is 22.3 Å². The van der Waals surface area contributed by atoms with Gasteiger partial charge in [0, 0.05) is 23.3 Å². The number of esters is 2. The van der Waals surface area contributed by atoms with E-state index in [2.05, 4.69) is 25.7 Å². The molecule has 7 nitrogen and oxygen atoms in total. The third kappa shape index (κ3) is 2.59. The summed E-state index contributed by atoms with van der Waals surface area (Å²) in [6, 6.07) is 0. The number of alkyl halides is 1. The molecule has 2 aromatic rings. The maximum Gasteiger partial charge on any atom is 0.360 e. The average Bonchev–Trinajstić information content (AvgIpc) is 2.84. The number of nitrogens with zero attached hydrogens (tertiary/aromatic N) is 2. The number of rotatable bonds is 3. The first-order valence-corrected chi connectivity index (χ1v) is 7.29. The van der Waals surface area contributed by atoms with Gasteiger partial charge in [0.2, 0.25) is 5.75 Å². The molecule has 0 amide bonds. The predicted molar refractivity (Wildman–Crippen MR) is 74.6 cm³/mol. The van der Waals surface area contributed by atoms with E-state index in [1.54, 1.807) is 6.20 Å². The first-order chi connectivity index (χ1) is 9.47. The van der Waals surface area contributed by atoms with Crippen LogP contribution in [0, 0.1) is 0 Å². The van der Waals surface area contributed by atoms with Gasteiger partial charge < -0.3 is 9.47 Å². The SMILES string of the molecule is COC(=O)c1nc2sc(CBr)cn2c(=O)c1OC(C)=O. The normalized spacial score (nSPS) is 10.6. The van der Waals surface area contributed by atoms with E-state index in [1.807, 2.05) is 0 Å². The minimum Gasteiger partial charge on any atom is -0.464 e. The molecule has 0 spiro atoms. The number of carbonyl (C=O) groups is 2. The van der Waals surface area contributed by atoms with Crippen LogP contribution in [0.2, 0.25) is 0 Å². The Morgan fingerprint density at radius 1 is 1.50 bits per heavy atom. The molecule has 0 atom stereocenters. The van der Waals surface area contributed by atoms with Gasteiger partial charge in [0.25, 0.3) is 0 Å². The second-order valence-electron chi connectivity index (χ2n) is 3.66. The third-order valence-corrected chi connectivity index (χ3v) is 4.25. The maximum absolute atomic E-state index is 12.3. The molecule has 0 N–H and O–H groups in total. The minimum absolute atomic E-state index is 0.310. The van der Waals surface area contributed by atoms with Gasteiger partial charge >= 0.3 is 17.5 Å². The lowest BCUT2D eigenvalue weighted by molar-refractivity contribution is -0.132. The Hall–Kier alpha value is -1.74. The van der Waals surface area contributed by atoms with Gasteiger partial charge in [-0.05, 0) is 0 Å². The molecule has 0 aromatic carbocycles. The van der Waals surface area contributed by atoms with Gasteiger partial charge in [0.05, 0.1) is 7.11 Å². The smallest absolute Gasteiger partial charge is 0.360 e. The molecular weight excluding hydrogens is 352 g/mol. The van der Waals surface area contributed by atoms with E-state index in [9.17, 15) is 14.4 Å². The van der Waals surface area contributed by atoms with Crippen molar-refractivity contribution in [1.29, 1.82) is 0 Å². The monoisotopic (exact) mass is 360 g/mol. The summed E-state index contributed by atoms with van der Waals surface area (Å²) in [6.07, 6.45) is 1.57. The van der Waals surface area contributed by atoms with E-state index in [-0.39, 0.29) is 5.69 Å². The number of hydrogen-bond acceptors (Lipinski definition) is 7. The van der Waals surface area contributed by atoms with Crippen LogP contribution in [0.25, 0.3) is 4.96 Å². The van der Waals surface area contributed by atoms with Crippen molar-refractivity contribution in [3.63, 3.8) is 0 Å². The van der Waals surface area contributed by atoms with Crippen LogP contribution in [-0.4, -0.2) is 28.4 Å². The number of carbonyl (C=O) groups excluding carboxylic acids is 2. The number of thiazole rings is 1. The molecule has 2 rings (SSSR count). The minimum atomic E-state index is -0.838. The van der Waals surface area contributed by atoms with Crippen LogP contribution in [0.4, 0.5) is 0 Å². The molecule has 0 saturated carbocycles. The summed E-state index contributed by atoms with van der Waals surface area (Å²) in [4.78, 5) is 40.2. The highest BCUT2D eigenvalue weighted by molar-refractivity contribution is 9.08. The largest absolute Gasteiger partial charge is 0.464 e. The Bertz CT molecular complexity index is 751. The lowest BCUT2D eigenvalue weighted by Gasteiger charge is -2.06. The number of fused-ring (bicyclic) bond motifs is 1. The summed E-state index contributed by atoms with van der Waals surface area (Å²) < 4.78 is 10.6. The summed E-state index contributed by atoms with van der Waals surface area (Å²) in [5, 5.41) is 0.539. The lowest BCUT2D eigenvalue weighted by Crippen LogP contribution is -2.23. The van der Waals surface area contributed by atoms with E-state index < -0.39 is 23.2 Å². The summed E-state index contributed by atoms with van der Waals surface area (Å²) >= 11 is 4.51.